The molecule has 100 valence electrons. The molecular weight excluding hydrogens is 317 g/mol. The lowest BCUT2D eigenvalue weighted by Gasteiger charge is -2.11. The first-order valence-electron chi connectivity index (χ1n) is 5.81. The van der Waals surface area contributed by atoms with Gasteiger partial charge in [0.25, 0.3) is 0 Å². The summed E-state index contributed by atoms with van der Waals surface area (Å²) in [5.74, 6) is -2.00. The van der Waals surface area contributed by atoms with Gasteiger partial charge in [0.05, 0.1) is 0 Å². The summed E-state index contributed by atoms with van der Waals surface area (Å²) in [7, 11) is 0. The van der Waals surface area contributed by atoms with Crippen LogP contribution >= 0.6 is 15.9 Å². The normalized spacial score (nSPS) is 12.5. The number of benzene rings is 2. The second-order valence-corrected chi connectivity index (χ2v) is 5.53. The topological polar surface area (TPSA) is 0 Å². The Bertz CT molecular complexity index is 596. The van der Waals surface area contributed by atoms with Gasteiger partial charge >= 0.3 is 0 Å². The summed E-state index contributed by atoms with van der Waals surface area (Å²) in [4.78, 5) is -0.146. The molecule has 0 aliphatic carbocycles. The van der Waals surface area contributed by atoms with Crippen molar-refractivity contribution in [2.45, 2.75) is 18.2 Å². The average Bonchev–Trinajstić information content (AvgIpc) is 2.37. The molecule has 0 bridgehead atoms. The Kier molecular flexibility index (Phi) is 4.30. The highest BCUT2D eigenvalue weighted by Gasteiger charge is 2.12. The maximum absolute atomic E-state index is 13.5. The molecule has 0 aliphatic rings. The standard InChI is InChI=1S/C15H12BrF3/c1-9-2-4-11(8-14(9)18)12(16)6-10-3-5-13(17)15(19)7-10/h2-5,7-8,12H,6H2,1H3. The minimum Gasteiger partial charge on any atom is -0.207 e. The molecule has 0 radical (unpaired) electrons. The SMILES string of the molecule is Cc1ccc(C(Br)Cc2ccc(F)c(F)c2)cc1F. The molecule has 2 rings (SSSR count). The molecule has 0 fully saturated rings. The lowest BCUT2D eigenvalue weighted by molar-refractivity contribution is 0.507. The number of hydrogen-bond acceptors (Lipinski definition) is 0. The molecule has 4 heteroatoms. The van der Waals surface area contributed by atoms with Gasteiger partial charge in [-0.05, 0) is 48.2 Å². The molecule has 2 aromatic rings. The molecule has 0 heterocycles. The van der Waals surface area contributed by atoms with Gasteiger partial charge < -0.3 is 0 Å². The van der Waals surface area contributed by atoms with E-state index in [1.165, 1.54) is 12.1 Å². The zero-order chi connectivity index (χ0) is 14.0. The molecule has 0 nitrogen and oxygen atoms in total. The summed E-state index contributed by atoms with van der Waals surface area (Å²) < 4.78 is 39.4. The minimum atomic E-state index is -0.868. The van der Waals surface area contributed by atoms with Crippen molar-refractivity contribution in [2.75, 3.05) is 0 Å². The Morgan fingerprint density at radius 2 is 1.68 bits per heavy atom. The highest BCUT2D eigenvalue weighted by molar-refractivity contribution is 9.09. The van der Waals surface area contributed by atoms with E-state index in [4.69, 9.17) is 0 Å². The van der Waals surface area contributed by atoms with Crippen molar-refractivity contribution in [1.82, 2.24) is 0 Å². The van der Waals surface area contributed by atoms with Crippen LogP contribution in [0.2, 0.25) is 0 Å². The van der Waals surface area contributed by atoms with Crippen LogP contribution in [0, 0.1) is 24.4 Å². The Morgan fingerprint density at radius 3 is 2.32 bits per heavy atom. The quantitative estimate of drug-likeness (QED) is 0.688. The van der Waals surface area contributed by atoms with E-state index in [0.717, 1.165) is 17.7 Å². The maximum atomic E-state index is 13.5. The maximum Gasteiger partial charge on any atom is 0.159 e. The van der Waals surface area contributed by atoms with E-state index < -0.39 is 11.6 Å². The van der Waals surface area contributed by atoms with Gasteiger partial charge in [-0.1, -0.05) is 34.1 Å². The third-order valence-electron chi connectivity index (χ3n) is 2.96. The fraction of sp³-hybridized carbons (Fsp3) is 0.200. The zero-order valence-corrected chi connectivity index (χ0v) is 11.8. The summed E-state index contributed by atoms with van der Waals surface area (Å²) in [6, 6.07) is 8.75. The molecule has 0 N–H and O–H groups in total. The first-order chi connectivity index (χ1) is 8.97. The predicted molar refractivity (Wildman–Crippen MR) is 72.9 cm³/mol. The van der Waals surface area contributed by atoms with Gasteiger partial charge in [-0.15, -0.1) is 0 Å². The van der Waals surface area contributed by atoms with Gasteiger partial charge in [-0.25, -0.2) is 13.2 Å². The van der Waals surface area contributed by atoms with E-state index in [9.17, 15) is 13.2 Å². The van der Waals surface area contributed by atoms with Crippen LogP contribution in [0.15, 0.2) is 36.4 Å². The monoisotopic (exact) mass is 328 g/mol. The smallest absolute Gasteiger partial charge is 0.159 e. The van der Waals surface area contributed by atoms with Crippen molar-refractivity contribution in [2.24, 2.45) is 0 Å². The summed E-state index contributed by atoms with van der Waals surface area (Å²) >= 11 is 3.44. The van der Waals surface area contributed by atoms with Crippen molar-refractivity contribution in [1.29, 1.82) is 0 Å². The Morgan fingerprint density at radius 1 is 0.947 bits per heavy atom. The predicted octanol–water partition coefficient (Wildman–Crippen LogP) is 5.09. The second kappa shape index (κ2) is 5.78. The summed E-state index contributed by atoms with van der Waals surface area (Å²) in [6.45, 7) is 1.69. The molecule has 0 saturated carbocycles. The summed E-state index contributed by atoms with van der Waals surface area (Å²) in [5, 5.41) is 0. The molecule has 19 heavy (non-hydrogen) atoms. The average molecular weight is 329 g/mol. The molecule has 0 saturated heterocycles. The first kappa shape index (κ1) is 14.1. The van der Waals surface area contributed by atoms with E-state index in [2.05, 4.69) is 15.9 Å². The van der Waals surface area contributed by atoms with Gasteiger partial charge in [-0.3, -0.25) is 0 Å². The van der Waals surface area contributed by atoms with E-state index in [0.29, 0.717) is 17.5 Å². The lowest BCUT2D eigenvalue weighted by atomic mass is 10.0. The molecule has 2 aromatic carbocycles. The Hall–Kier alpha value is -1.29. The van der Waals surface area contributed by atoms with Crippen molar-refractivity contribution >= 4 is 15.9 Å². The summed E-state index contributed by atoms with van der Waals surface area (Å²) in [6.07, 6.45) is 0.458. The largest absolute Gasteiger partial charge is 0.207 e. The molecule has 0 aromatic heterocycles. The molecular formula is C15H12BrF3. The van der Waals surface area contributed by atoms with Crippen LogP contribution in [0.4, 0.5) is 13.2 Å². The van der Waals surface area contributed by atoms with Gasteiger partial charge in [-0.2, -0.15) is 0 Å². The van der Waals surface area contributed by atoms with E-state index >= 15 is 0 Å². The van der Waals surface area contributed by atoms with Crippen molar-refractivity contribution in [3.8, 4) is 0 Å². The second-order valence-electron chi connectivity index (χ2n) is 4.43. The molecule has 1 atom stereocenters. The number of hydrogen-bond donors (Lipinski definition) is 0. The van der Waals surface area contributed by atoms with Crippen LogP contribution < -0.4 is 0 Å². The fourth-order valence-electron chi connectivity index (χ4n) is 1.80. The number of halogens is 4. The van der Waals surface area contributed by atoms with Crippen LogP contribution in [0.5, 0.6) is 0 Å². The van der Waals surface area contributed by atoms with Crippen molar-refractivity contribution in [3.63, 3.8) is 0 Å². The zero-order valence-electron chi connectivity index (χ0n) is 10.3. The molecule has 0 spiro atoms. The summed E-state index contributed by atoms with van der Waals surface area (Å²) in [5.41, 5.74) is 2.01. The van der Waals surface area contributed by atoms with Crippen LogP contribution in [0.3, 0.4) is 0 Å². The van der Waals surface area contributed by atoms with Crippen LogP contribution in [-0.4, -0.2) is 0 Å². The van der Waals surface area contributed by atoms with E-state index in [1.807, 2.05) is 6.07 Å². The minimum absolute atomic E-state index is 0.146. The lowest BCUT2D eigenvalue weighted by Crippen LogP contribution is -1.98. The van der Waals surface area contributed by atoms with Gasteiger partial charge in [0.2, 0.25) is 0 Å². The van der Waals surface area contributed by atoms with Crippen LogP contribution in [0.25, 0.3) is 0 Å². The highest BCUT2D eigenvalue weighted by Crippen LogP contribution is 2.28. The van der Waals surface area contributed by atoms with Gasteiger partial charge in [0, 0.05) is 4.83 Å². The third-order valence-corrected chi connectivity index (χ3v) is 3.81. The molecule has 1 unspecified atom stereocenters. The number of rotatable bonds is 3. The molecule has 0 amide bonds. The number of alkyl halides is 1. The van der Waals surface area contributed by atoms with Gasteiger partial charge in [0.1, 0.15) is 5.82 Å². The third kappa shape index (κ3) is 3.38. The van der Waals surface area contributed by atoms with Crippen molar-refractivity contribution < 1.29 is 13.2 Å². The van der Waals surface area contributed by atoms with Crippen LogP contribution in [-0.2, 0) is 6.42 Å². The van der Waals surface area contributed by atoms with E-state index in [-0.39, 0.29) is 10.6 Å². The van der Waals surface area contributed by atoms with Crippen molar-refractivity contribution in [3.05, 3.63) is 70.5 Å². The number of aryl methyl sites for hydroxylation is 1. The van der Waals surface area contributed by atoms with E-state index in [1.54, 1.807) is 13.0 Å². The highest BCUT2D eigenvalue weighted by atomic mass is 79.9. The van der Waals surface area contributed by atoms with Gasteiger partial charge in [0.15, 0.2) is 11.6 Å². The Labute approximate surface area is 118 Å². The Balaban J connectivity index is 2.17. The molecule has 0 aliphatic heterocycles. The first-order valence-corrected chi connectivity index (χ1v) is 6.73. The van der Waals surface area contributed by atoms with Crippen LogP contribution in [0.1, 0.15) is 21.5 Å². The fourth-order valence-corrected chi connectivity index (χ4v) is 2.45.